The molecule has 1 saturated heterocycles. The third-order valence-electron chi connectivity index (χ3n) is 4.69. The molecular formula is C21H25F2N5O2. The van der Waals surface area contributed by atoms with E-state index in [1.54, 1.807) is 7.11 Å². The van der Waals surface area contributed by atoms with Crippen LogP contribution < -0.4 is 15.0 Å². The number of ether oxygens (including phenoxy) is 2. The Morgan fingerprint density at radius 2 is 2.00 bits per heavy atom. The molecule has 0 spiro atoms. The van der Waals surface area contributed by atoms with Gasteiger partial charge in [-0.2, -0.15) is 5.26 Å². The molecule has 1 aromatic carbocycles. The Bertz CT molecular complexity index is 924. The van der Waals surface area contributed by atoms with Crippen molar-refractivity contribution in [1.29, 1.82) is 5.26 Å². The fourth-order valence-electron chi connectivity index (χ4n) is 3.31. The topological polar surface area (TPSA) is 83.3 Å². The van der Waals surface area contributed by atoms with Crippen molar-refractivity contribution in [3.05, 3.63) is 41.2 Å². The lowest BCUT2D eigenvalue weighted by Crippen LogP contribution is -2.39. The SMILES string of the molecule is COCc1nc(NC(C)C)c(N2CCC(Oc3ccc(F)cc3F)CC2)nc1C#N. The van der Waals surface area contributed by atoms with Gasteiger partial charge in [0.15, 0.2) is 28.9 Å². The highest BCUT2D eigenvalue weighted by Crippen LogP contribution is 2.29. The van der Waals surface area contributed by atoms with Gasteiger partial charge < -0.3 is 19.7 Å². The van der Waals surface area contributed by atoms with E-state index in [2.05, 4.69) is 21.4 Å². The Kier molecular flexibility index (Phi) is 7.00. The highest BCUT2D eigenvalue weighted by atomic mass is 19.1. The molecule has 7 nitrogen and oxygen atoms in total. The van der Waals surface area contributed by atoms with Crippen molar-refractivity contribution in [3.63, 3.8) is 0 Å². The van der Waals surface area contributed by atoms with Crippen LogP contribution in [-0.4, -0.2) is 42.3 Å². The number of aromatic nitrogens is 2. The number of nitriles is 1. The van der Waals surface area contributed by atoms with Gasteiger partial charge in [-0.25, -0.2) is 18.7 Å². The monoisotopic (exact) mass is 417 g/mol. The molecule has 9 heteroatoms. The smallest absolute Gasteiger partial charge is 0.173 e. The largest absolute Gasteiger partial charge is 0.487 e. The van der Waals surface area contributed by atoms with Crippen molar-refractivity contribution in [2.45, 2.75) is 45.4 Å². The average Bonchev–Trinajstić information content (AvgIpc) is 2.71. The highest BCUT2D eigenvalue weighted by molar-refractivity contribution is 5.63. The van der Waals surface area contributed by atoms with Crippen LogP contribution in [-0.2, 0) is 11.3 Å². The summed E-state index contributed by atoms with van der Waals surface area (Å²) in [5.41, 5.74) is 0.713. The second kappa shape index (κ2) is 9.67. The minimum absolute atomic E-state index is 0.0486. The Hall–Kier alpha value is -2.99. The zero-order chi connectivity index (χ0) is 21.7. The van der Waals surface area contributed by atoms with Gasteiger partial charge in [-0.3, -0.25) is 0 Å². The fourth-order valence-corrected chi connectivity index (χ4v) is 3.31. The number of nitrogens with one attached hydrogen (secondary N) is 1. The van der Waals surface area contributed by atoms with E-state index in [0.717, 1.165) is 6.07 Å². The van der Waals surface area contributed by atoms with Crippen molar-refractivity contribution in [3.8, 4) is 11.8 Å². The summed E-state index contributed by atoms with van der Waals surface area (Å²) < 4.78 is 37.8. The van der Waals surface area contributed by atoms with Gasteiger partial charge in [-0.1, -0.05) is 0 Å². The highest BCUT2D eigenvalue weighted by Gasteiger charge is 2.26. The number of halogens is 2. The number of nitrogens with zero attached hydrogens (tertiary/aromatic N) is 4. The van der Waals surface area contributed by atoms with Gasteiger partial charge in [0.2, 0.25) is 0 Å². The van der Waals surface area contributed by atoms with E-state index in [1.807, 2.05) is 18.7 Å². The number of rotatable bonds is 7. The van der Waals surface area contributed by atoms with Gasteiger partial charge in [-0.05, 0) is 26.0 Å². The summed E-state index contributed by atoms with van der Waals surface area (Å²) in [5.74, 6) is -0.0956. The standard InChI is InChI=1S/C21H25F2N5O2/c1-13(2)25-20-21(27-17(11-24)18(26-20)12-29-3)28-8-6-15(7-9-28)30-19-5-4-14(22)10-16(19)23/h4-5,10,13,15H,6-9,12H2,1-3H3,(H,25,26). The first-order valence-electron chi connectivity index (χ1n) is 9.84. The predicted octanol–water partition coefficient (Wildman–Crippen LogP) is 3.64. The molecule has 1 fully saturated rings. The first-order chi connectivity index (χ1) is 14.4. The van der Waals surface area contributed by atoms with Crippen molar-refractivity contribution in [2.24, 2.45) is 0 Å². The quantitative estimate of drug-likeness (QED) is 0.736. The second-order valence-electron chi connectivity index (χ2n) is 7.41. The van der Waals surface area contributed by atoms with Gasteiger partial charge in [0, 0.05) is 45.1 Å². The van der Waals surface area contributed by atoms with Crippen LogP contribution in [0.25, 0.3) is 0 Å². The Balaban J connectivity index is 1.75. The van der Waals surface area contributed by atoms with E-state index in [0.29, 0.717) is 43.3 Å². The molecule has 0 atom stereocenters. The second-order valence-corrected chi connectivity index (χ2v) is 7.41. The summed E-state index contributed by atoms with van der Waals surface area (Å²) in [6, 6.07) is 5.52. The molecule has 1 aliphatic rings. The Morgan fingerprint density at radius 3 is 2.60 bits per heavy atom. The molecule has 1 N–H and O–H groups in total. The first kappa shape index (κ1) is 21.7. The molecule has 3 rings (SSSR count). The van der Waals surface area contributed by atoms with Crippen LogP contribution in [0.15, 0.2) is 18.2 Å². The number of methoxy groups -OCH3 is 1. The summed E-state index contributed by atoms with van der Waals surface area (Å²) in [5, 5.41) is 12.8. The molecule has 160 valence electrons. The van der Waals surface area contributed by atoms with Gasteiger partial charge >= 0.3 is 0 Å². The summed E-state index contributed by atoms with van der Waals surface area (Å²) in [4.78, 5) is 11.2. The summed E-state index contributed by atoms with van der Waals surface area (Å²) in [6.45, 7) is 5.39. The lowest BCUT2D eigenvalue weighted by Gasteiger charge is -2.34. The summed E-state index contributed by atoms with van der Waals surface area (Å²) >= 11 is 0. The third kappa shape index (κ3) is 5.13. The lowest BCUT2D eigenvalue weighted by molar-refractivity contribution is 0.163. The van der Waals surface area contributed by atoms with Crippen molar-refractivity contribution in [2.75, 3.05) is 30.4 Å². The molecule has 0 aliphatic carbocycles. The van der Waals surface area contributed by atoms with Crippen LogP contribution in [0, 0.1) is 23.0 Å². The zero-order valence-electron chi connectivity index (χ0n) is 17.3. The van der Waals surface area contributed by atoms with Crippen molar-refractivity contribution in [1.82, 2.24) is 9.97 Å². The van der Waals surface area contributed by atoms with Crippen LogP contribution in [0.5, 0.6) is 5.75 Å². The first-order valence-corrected chi connectivity index (χ1v) is 9.84. The summed E-state index contributed by atoms with van der Waals surface area (Å²) in [6.07, 6.45) is 1.06. The van der Waals surface area contributed by atoms with Gasteiger partial charge in [0.1, 0.15) is 23.7 Å². The summed E-state index contributed by atoms with van der Waals surface area (Å²) in [7, 11) is 1.54. The molecular weight excluding hydrogens is 392 g/mol. The predicted molar refractivity (Wildman–Crippen MR) is 108 cm³/mol. The zero-order valence-corrected chi connectivity index (χ0v) is 17.3. The van der Waals surface area contributed by atoms with E-state index in [1.165, 1.54) is 12.1 Å². The Morgan fingerprint density at radius 1 is 1.27 bits per heavy atom. The molecule has 30 heavy (non-hydrogen) atoms. The molecule has 1 aliphatic heterocycles. The van der Waals surface area contributed by atoms with Crippen LogP contribution in [0.1, 0.15) is 38.1 Å². The van der Waals surface area contributed by atoms with Crippen LogP contribution in [0.2, 0.25) is 0 Å². The number of hydrogen-bond acceptors (Lipinski definition) is 7. The maximum Gasteiger partial charge on any atom is 0.173 e. The fraction of sp³-hybridized carbons (Fsp3) is 0.476. The van der Waals surface area contributed by atoms with Crippen molar-refractivity contribution >= 4 is 11.6 Å². The van der Waals surface area contributed by atoms with E-state index in [9.17, 15) is 14.0 Å². The molecule has 2 aromatic rings. The van der Waals surface area contributed by atoms with E-state index < -0.39 is 11.6 Å². The maximum atomic E-state index is 13.9. The van der Waals surface area contributed by atoms with Crippen LogP contribution in [0.3, 0.4) is 0 Å². The number of hydrogen-bond donors (Lipinski definition) is 1. The minimum atomic E-state index is -0.709. The molecule has 1 aromatic heterocycles. The van der Waals surface area contributed by atoms with Gasteiger partial charge in [0.05, 0.1) is 6.61 Å². The number of piperidine rings is 1. The molecule has 2 heterocycles. The molecule has 0 bridgehead atoms. The average molecular weight is 417 g/mol. The maximum absolute atomic E-state index is 13.9. The number of anilines is 2. The van der Waals surface area contributed by atoms with E-state index in [4.69, 9.17) is 9.47 Å². The minimum Gasteiger partial charge on any atom is -0.487 e. The Labute approximate surface area is 174 Å². The third-order valence-corrected chi connectivity index (χ3v) is 4.69. The van der Waals surface area contributed by atoms with Crippen molar-refractivity contribution < 1.29 is 18.3 Å². The number of benzene rings is 1. The van der Waals surface area contributed by atoms with E-state index >= 15 is 0 Å². The normalized spacial score (nSPS) is 14.6. The van der Waals surface area contributed by atoms with E-state index in [-0.39, 0.29) is 30.2 Å². The van der Waals surface area contributed by atoms with Crippen LogP contribution >= 0.6 is 0 Å². The van der Waals surface area contributed by atoms with Gasteiger partial charge in [0.25, 0.3) is 0 Å². The lowest BCUT2D eigenvalue weighted by atomic mass is 10.1. The molecule has 0 unspecified atom stereocenters. The molecule has 0 radical (unpaired) electrons. The van der Waals surface area contributed by atoms with Gasteiger partial charge in [-0.15, -0.1) is 0 Å². The molecule has 0 amide bonds. The molecule has 0 saturated carbocycles. The van der Waals surface area contributed by atoms with Crippen LogP contribution in [0.4, 0.5) is 20.4 Å².